The smallest absolute Gasteiger partial charge is 0.270 e. The molecule has 0 aliphatic rings. The van der Waals surface area contributed by atoms with Crippen molar-refractivity contribution in [1.82, 2.24) is 4.72 Å². The van der Waals surface area contributed by atoms with Crippen molar-refractivity contribution in [2.24, 2.45) is 5.73 Å². The number of primary amides is 1. The van der Waals surface area contributed by atoms with E-state index in [-0.39, 0.29) is 11.4 Å². The van der Waals surface area contributed by atoms with E-state index in [1.165, 1.54) is 6.92 Å². The Labute approximate surface area is 120 Å². The van der Waals surface area contributed by atoms with E-state index in [0.29, 0.717) is 0 Å². The minimum atomic E-state index is -4.09. The van der Waals surface area contributed by atoms with E-state index in [2.05, 4.69) is 4.72 Å². The fourth-order valence-corrected chi connectivity index (χ4v) is 3.25. The predicted molar refractivity (Wildman–Crippen MR) is 71.7 cm³/mol. The molecule has 10 heteroatoms. The molecule has 1 amide bonds. The molecule has 20 heavy (non-hydrogen) atoms. The van der Waals surface area contributed by atoms with Gasteiger partial charge in [-0.3, -0.25) is 14.9 Å². The maximum absolute atomic E-state index is 12.0. The summed E-state index contributed by atoms with van der Waals surface area (Å²) < 4.78 is 26.3. The summed E-state index contributed by atoms with van der Waals surface area (Å²) in [6, 6.07) is 2.30. The number of hydrogen-bond donors (Lipinski definition) is 2. The van der Waals surface area contributed by atoms with Crippen molar-refractivity contribution in [2.45, 2.75) is 24.3 Å². The zero-order valence-corrected chi connectivity index (χ0v) is 11.9. The molecule has 0 bridgehead atoms. The third-order valence-electron chi connectivity index (χ3n) is 2.28. The van der Waals surface area contributed by atoms with Gasteiger partial charge in [0, 0.05) is 24.6 Å². The lowest BCUT2D eigenvalue weighted by Crippen LogP contribution is -2.35. The second-order valence-electron chi connectivity index (χ2n) is 4.06. The van der Waals surface area contributed by atoms with Crippen molar-refractivity contribution in [2.75, 3.05) is 0 Å². The Morgan fingerprint density at radius 3 is 2.65 bits per heavy atom. The van der Waals surface area contributed by atoms with Gasteiger partial charge in [-0.2, -0.15) is 0 Å². The van der Waals surface area contributed by atoms with Gasteiger partial charge in [-0.25, -0.2) is 13.1 Å². The molecule has 0 spiro atoms. The molecule has 0 radical (unpaired) electrons. The maximum atomic E-state index is 12.0. The summed E-state index contributed by atoms with van der Waals surface area (Å²) in [7, 11) is -4.09. The molecule has 0 aromatic heterocycles. The highest BCUT2D eigenvalue weighted by atomic mass is 35.5. The van der Waals surface area contributed by atoms with Crippen LogP contribution in [0.3, 0.4) is 0 Å². The first-order chi connectivity index (χ1) is 9.13. The average Bonchev–Trinajstić information content (AvgIpc) is 2.26. The van der Waals surface area contributed by atoms with Crippen LogP contribution in [0.4, 0.5) is 5.69 Å². The summed E-state index contributed by atoms with van der Waals surface area (Å²) in [5.41, 5.74) is 4.55. The summed E-state index contributed by atoms with van der Waals surface area (Å²) in [5.74, 6) is -0.676. The lowest BCUT2D eigenvalue weighted by atomic mass is 10.2. The summed E-state index contributed by atoms with van der Waals surface area (Å²) >= 11 is 5.74. The minimum absolute atomic E-state index is 0.158. The molecular weight excluding hydrogens is 310 g/mol. The van der Waals surface area contributed by atoms with Gasteiger partial charge < -0.3 is 5.73 Å². The first-order valence-electron chi connectivity index (χ1n) is 5.38. The molecule has 0 aliphatic heterocycles. The molecular formula is C10H12ClN3O5S. The molecule has 110 valence electrons. The second kappa shape index (κ2) is 6.16. The van der Waals surface area contributed by atoms with Gasteiger partial charge in [0.1, 0.15) is 4.90 Å². The van der Waals surface area contributed by atoms with Crippen molar-refractivity contribution in [3.63, 3.8) is 0 Å². The molecule has 3 N–H and O–H groups in total. The molecule has 0 saturated carbocycles. The van der Waals surface area contributed by atoms with Crippen LogP contribution in [-0.4, -0.2) is 25.3 Å². The van der Waals surface area contributed by atoms with Crippen LogP contribution in [0.1, 0.15) is 13.3 Å². The Hall–Kier alpha value is -1.71. The SMILES string of the molecule is CC(CC(N)=O)NS(=O)(=O)c1cc([N+](=O)[O-])ccc1Cl. The number of carbonyl (C=O) groups excluding carboxylic acids is 1. The van der Waals surface area contributed by atoms with Gasteiger partial charge in [-0.1, -0.05) is 11.6 Å². The number of nitrogens with one attached hydrogen (secondary N) is 1. The highest BCUT2D eigenvalue weighted by Crippen LogP contribution is 2.26. The topological polar surface area (TPSA) is 132 Å². The summed E-state index contributed by atoms with van der Waals surface area (Å²) in [4.78, 5) is 20.2. The lowest BCUT2D eigenvalue weighted by molar-refractivity contribution is -0.385. The van der Waals surface area contributed by atoms with Crippen molar-refractivity contribution in [1.29, 1.82) is 0 Å². The third-order valence-corrected chi connectivity index (χ3v) is 4.35. The number of hydrogen-bond acceptors (Lipinski definition) is 5. The van der Waals surface area contributed by atoms with E-state index in [1.54, 1.807) is 0 Å². The van der Waals surface area contributed by atoms with Crippen LogP contribution in [0, 0.1) is 10.1 Å². The van der Waals surface area contributed by atoms with Gasteiger partial charge in [0.15, 0.2) is 0 Å². The van der Waals surface area contributed by atoms with Crippen LogP contribution in [0.15, 0.2) is 23.1 Å². The molecule has 0 aliphatic carbocycles. The van der Waals surface area contributed by atoms with Crippen molar-refractivity contribution in [3.05, 3.63) is 33.3 Å². The summed E-state index contributed by atoms with van der Waals surface area (Å²) in [6.07, 6.45) is -0.203. The Morgan fingerprint density at radius 1 is 1.55 bits per heavy atom. The van der Waals surface area contributed by atoms with Crippen LogP contribution < -0.4 is 10.5 Å². The van der Waals surface area contributed by atoms with Crippen LogP contribution >= 0.6 is 11.6 Å². The van der Waals surface area contributed by atoms with E-state index < -0.39 is 37.5 Å². The number of non-ortho nitro benzene ring substituents is 1. The van der Waals surface area contributed by atoms with Crippen molar-refractivity contribution in [3.8, 4) is 0 Å². The van der Waals surface area contributed by atoms with E-state index in [1.807, 2.05) is 0 Å². The number of nitrogens with two attached hydrogens (primary N) is 1. The number of nitrogens with zero attached hydrogens (tertiary/aromatic N) is 1. The van der Waals surface area contributed by atoms with Crippen LogP contribution in [0.25, 0.3) is 0 Å². The number of sulfonamides is 1. The van der Waals surface area contributed by atoms with Gasteiger partial charge >= 0.3 is 0 Å². The number of benzene rings is 1. The monoisotopic (exact) mass is 321 g/mol. The molecule has 1 unspecified atom stereocenters. The first kappa shape index (κ1) is 16.3. The number of halogens is 1. The third kappa shape index (κ3) is 4.15. The molecule has 0 fully saturated rings. The first-order valence-corrected chi connectivity index (χ1v) is 7.24. The predicted octanol–water partition coefficient (Wildman–Crippen LogP) is 0.790. The molecule has 8 nitrogen and oxygen atoms in total. The van der Waals surface area contributed by atoms with Gasteiger partial charge in [-0.15, -0.1) is 0 Å². The van der Waals surface area contributed by atoms with Gasteiger partial charge in [-0.05, 0) is 13.0 Å². The van der Waals surface area contributed by atoms with Gasteiger partial charge in [0.2, 0.25) is 15.9 Å². The Bertz CT molecular complexity index is 646. The standard InChI is InChI=1S/C10H12ClN3O5S/c1-6(4-10(12)15)13-20(18,19)9-5-7(14(16)17)2-3-8(9)11/h2-3,5-6,13H,4H2,1H3,(H2,12,15). The molecule has 0 heterocycles. The molecule has 0 saturated heterocycles. The number of nitro groups is 1. The normalized spacial score (nSPS) is 12.9. The summed E-state index contributed by atoms with van der Waals surface area (Å²) in [5, 5.41) is 10.5. The molecule has 1 aromatic carbocycles. The molecule has 1 atom stereocenters. The summed E-state index contributed by atoms with van der Waals surface area (Å²) in [6.45, 7) is 1.44. The zero-order chi connectivity index (χ0) is 15.5. The Balaban J connectivity index is 3.12. The largest absolute Gasteiger partial charge is 0.370 e. The maximum Gasteiger partial charge on any atom is 0.270 e. The minimum Gasteiger partial charge on any atom is -0.370 e. The average molecular weight is 322 g/mol. The number of carbonyl (C=O) groups is 1. The second-order valence-corrected chi connectivity index (χ2v) is 6.15. The zero-order valence-electron chi connectivity index (χ0n) is 10.4. The van der Waals surface area contributed by atoms with Crippen LogP contribution in [0.2, 0.25) is 5.02 Å². The molecule has 1 rings (SSSR count). The Morgan fingerprint density at radius 2 is 2.15 bits per heavy atom. The highest BCUT2D eigenvalue weighted by molar-refractivity contribution is 7.89. The van der Waals surface area contributed by atoms with Crippen molar-refractivity contribution < 1.29 is 18.1 Å². The van der Waals surface area contributed by atoms with E-state index in [4.69, 9.17) is 17.3 Å². The number of nitro benzene ring substituents is 1. The van der Waals surface area contributed by atoms with Gasteiger partial charge in [0.25, 0.3) is 5.69 Å². The quantitative estimate of drug-likeness (QED) is 0.590. The van der Waals surface area contributed by atoms with Crippen molar-refractivity contribution >= 4 is 33.2 Å². The van der Waals surface area contributed by atoms with Gasteiger partial charge in [0.05, 0.1) is 9.95 Å². The van der Waals surface area contributed by atoms with Crippen LogP contribution in [0.5, 0.6) is 0 Å². The molecule has 1 aromatic rings. The van der Waals surface area contributed by atoms with E-state index in [9.17, 15) is 23.3 Å². The van der Waals surface area contributed by atoms with E-state index >= 15 is 0 Å². The lowest BCUT2D eigenvalue weighted by Gasteiger charge is -2.13. The Kier molecular flexibility index (Phi) is 5.03. The number of rotatable bonds is 6. The number of amides is 1. The highest BCUT2D eigenvalue weighted by Gasteiger charge is 2.23. The fourth-order valence-electron chi connectivity index (χ4n) is 1.48. The van der Waals surface area contributed by atoms with Crippen LogP contribution in [-0.2, 0) is 14.8 Å². The van der Waals surface area contributed by atoms with E-state index in [0.717, 1.165) is 18.2 Å². The fraction of sp³-hybridized carbons (Fsp3) is 0.300.